The zero-order chi connectivity index (χ0) is 12.4. The van der Waals surface area contributed by atoms with Crippen LogP contribution in [0.25, 0.3) is 0 Å². The lowest BCUT2D eigenvalue weighted by molar-refractivity contribution is 0.226. The van der Waals surface area contributed by atoms with Gasteiger partial charge in [-0.25, -0.2) is 4.39 Å². The van der Waals surface area contributed by atoms with Crippen molar-refractivity contribution in [2.24, 2.45) is 0 Å². The molecule has 1 saturated heterocycles. The van der Waals surface area contributed by atoms with Crippen molar-refractivity contribution in [3.05, 3.63) is 21.9 Å². The van der Waals surface area contributed by atoms with Gasteiger partial charge in [0.15, 0.2) is 11.5 Å². The summed E-state index contributed by atoms with van der Waals surface area (Å²) < 4.78 is 14.0. The van der Waals surface area contributed by atoms with E-state index in [9.17, 15) is 14.6 Å². The lowest BCUT2D eigenvalue weighted by atomic mass is 10.1. The number of phenols is 2. The molecule has 0 spiro atoms. The van der Waals surface area contributed by atoms with Gasteiger partial charge in [0.05, 0.1) is 4.47 Å². The first-order valence-corrected chi connectivity index (χ1v) is 6.20. The number of hydrogen-bond donors (Lipinski definition) is 3. The average molecular weight is 305 g/mol. The Morgan fingerprint density at radius 2 is 2.00 bits per heavy atom. The predicted octanol–water partition coefficient (Wildman–Crippen LogP) is 1.40. The maximum absolute atomic E-state index is 13.8. The summed E-state index contributed by atoms with van der Waals surface area (Å²) in [5.74, 6) is -1.19. The maximum Gasteiger partial charge on any atom is 0.165 e. The van der Waals surface area contributed by atoms with Gasteiger partial charge in [0.25, 0.3) is 0 Å². The number of nitrogens with one attached hydrogen (secondary N) is 1. The molecule has 1 aromatic rings. The minimum Gasteiger partial charge on any atom is -0.504 e. The molecule has 0 unspecified atom stereocenters. The van der Waals surface area contributed by atoms with E-state index in [2.05, 4.69) is 21.2 Å². The monoisotopic (exact) mass is 304 g/mol. The van der Waals surface area contributed by atoms with Gasteiger partial charge in [-0.15, -0.1) is 0 Å². The second-order valence-electron chi connectivity index (χ2n) is 4.04. The first kappa shape index (κ1) is 12.6. The van der Waals surface area contributed by atoms with Crippen LogP contribution in [0.4, 0.5) is 4.39 Å². The fourth-order valence-electron chi connectivity index (χ4n) is 1.89. The maximum atomic E-state index is 13.8. The highest BCUT2D eigenvalue weighted by molar-refractivity contribution is 9.10. The largest absolute Gasteiger partial charge is 0.504 e. The molecule has 0 aliphatic carbocycles. The molecule has 0 radical (unpaired) electrons. The van der Waals surface area contributed by atoms with Crippen molar-refractivity contribution < 1.29 is 14.6 Å². The Kier molecular flexibility index (Phi) is 3.86. The third-order valence-corrected chi connectivity index (χ3v) is 3.43. The normalized spacial score (nSPS) is 17.3. The van der Waals surface area contributed by atoms with Crippen molar-refractivity contribution in [2.45, 2.75) is 6.54 Å². The minimum absolute atomic E-state index is 0.138. The summed E-state index contributed by atoms with van der Waals surface area (Å²) >= 11 is 3.02. The Morgan fingerprint density at radius 1 is 1.35 bits per heavy atom. The summed E-state index contributed by atoms with van der Waals surface area (Å²) in [6.07, 6.45) is 0. The molecule has 0 bridgehead atoms. The lowest BCUT2D eigenvalue weighted by Crippen LogP contribution is -2.43. The van der Waals surface area contributed by atoms with Crippen LogP contribution in [0.1, 0.15) is 5.56 Å². The number of halogens is 2. The Labute approximate surface area is 107 Å². The van der Waals surface area contributed by atoms with Gasteiger partial charge in [0.1, 0.15) is 5.82 Å². The fourth-order valence-corrected chi connectivity index (χ4v) is 2.35. The second kappa shape index (κ2) is 5.20. The van der Waals surface area contributed by atoms with Gasteiger partial charge in [-0.05, 0) is 15.9 Å². The molecule has 0 amide bonds. The molecule has 1 fully saturated rings. The number of benzene rings is 1. The molecule has 3 N–H and O–H groups in total. The van der Waals surface area contributed by atoms with E-state index in [1.54, 1.807) is 0 Å². The molecule has 0 atom stereocenters. The quantitative estimate of drug-likeness (QED) is 0.723. The van der Waals surface area contributed by atoms with Gasteiger partial charge in [0.2, 0.25) is 0 Å². The van der Waals surface area contributed by atoms with Crippen molar-refractivity contribution in [3.63, 3.8) is 0 Å². The molecular weight excluding hydrogens is 291 g/mol. The molecule has 17 heavy (non-hydrogen) atoms. The highest BCUT2D eigenvalue weighted by atomic mass is 79.9. The summed E-state index contributed by atoms with van der Waals surface area (Å²) in [5.41, 5.74) is 0.138. The fraction of sp³-hybridized carbons (Fsp3) is 0.455. The summed E-state index contributed by atoms with van der Waals surface area (Å²) in [5, 5.41) is 22.3. The number of rotatable bonds is 2. The van der Waals surface area contributed by atoms with Crippen molar-refractivity contribution in [3.8, 4) is 11.5 Å². The third-order valence-electron chi connectivity index (χ3n) is 2.86. The highest BCUT2D eigenvalue weighted by Gasteiger charge is 2.20. The Balaban J connectivity index is 2.24. The number of nitrogens with zero attached hydrogens (tertiary/aromatic N) is 1. The first-order chi connectivity index (χ1) is 8.09. The lowest BCUT2D eigenvalue weighted by Gasteiger charge is -2.27. The number of aromatic hydroxyl groups is 2. The van der Waals surface area contributed by atoms with Crippen LogP contribution in [0, 0.1) is 5.82 Å². The van der Waals surface area contributed by atoms with Gasteiger partial charge in [-0.1, -0.05) is 0 Å². The summed E-state index contributed by atoms with van der Waals surface area (Å²) in [6.45, 7) is 3.59. The van der Waals surface area contributed by atoms with Crippen LogP contribution >= 0.6 is 15.9 Å². The van der Waals surface area contributed by atoms with Crippen LogP contribution in [0.5, 0.6) is 11.5 Å². The summed E-state index contributed by atoms with van der Waals surface area (Å²) in [7, 11) is 0. The Morgan fingerprint density at radius 3 is 2.65 bits per heavy atom. The van der Waals surface area contributed by atoms with Crippen LogP contribution in [0.2, 0.25) is 0 Å². The molecule has 0 aromatic heterocycles. The molecule has 2 rings (SSSR count). The van der Waals surface area contributed by atoms with Crippen molar-refractivity contribution in [2.75, 3.05) is 26.2 Å². The van der Waals surface area contributed by atoms with E-state index in [0.717, 1.165) is 32.2 Å². The highest BCUT2D eigenvalue weighted by Crippen LogP contribution is 2.36. The second-order valence-corrected chi connectivity index (χ2v) is 4.90. The summed E-state index contributed by atoms with van der Waals surface area (Å²) in [4.78, 5) is 2.03. The molecule has 0 saturated carbocycles. The first-order valence-electron chi connectivity index (χ1n) is 5.41. The van der Waals surface area contributed by atoms with E-state index in [4.69, 9.17) is 0 Å². The van der Waals surface area contributed by atoms with Gasteiger partial charge < -0.3 is 15.5 Å². The van der Waals surface area contributed by atoms with Crippen molar-refractivity contribution in [1.82, 2.24) is 10.2 Å². The number of phenolic OH excluding ortho intramolecular Hbond substituents is 2. The van der Waals surface area contributed by atoms with Crippen LogP contribution in [-0.4, -0.2) is 41.3 Å². The molecular formula is C11H14BrFN2O2. The van der Waals surface area contributed by atoms with Gasteiger partial charge in [0, 0.05) is 44.4 Å². The molecule has 1 aliphatic heterocycles. The SMILES string of the molecule is Oc1cc(Br)c(F)c(CN2CCNCC2)c1O. The van der Waals surface area contributed by atoms with Gasteiger partial charge >= 0.3 is 0 Å². The zero-order valence-corrected chi connectivity index (χ0v) is 10.8. The van der Waals surface area contributed by atoms with Crippen LogP contribution in [0.15, 0.2) is 10.5 Å². The van der Waals surface area contributed by atoms with Gasteiger partial charge in [-0.3, -0.25) is 4.90 Å². The number of hydrogen-bond acceptors (Lipinski definition) is 4. The van der Waals surface area contributed by atoms with Crippen molar-refractivity contribution >= 4 is 15.9 Å². The smallest absolute Gasteiger partial charge is 0.165 e. The van der Waals surface area contributed by atoms with E-state index in [0.29, 0.717) is 6.54 Å². The van der Waals surface area contributed by atoms with E-state index in [1.165, 1.54) is 0 Å². The van der Waals surface area contributed by atoms with Crippen LogP contribution in [-0.2, 0) is 6.54 Å². The van der Waals surface area contributed by atoms with E-state index < -0.39 is 5.82 Å². The summed E-state index contributed by atoms with van der Waals surface area (Å²) in [6, 6.07) is 1.16. The molecule has 4 nitrogen and oxygen atoms in total. The standard InChI is InChI=1S/C11H14BrFN2O2/c12-8-5-9(16)11(17)7(10(8)13)6-15-3-1-14-2-4-15/h5,14,16-17H,1-4,6H2. The van der Waals surface area contributed by atoms with E-state index >= 15 is 0 Å². The molecule has 1 aliphatic rings. The zero-order valence-electron chi connectivity index (χ0n) is 9.21. The Bertz CT molecular complexity index is 396. The van der Waals surface area contributed by atoms with Crippen LogP contribution < -0.4 is 5.32 Å². The van der Waals surface area contributed by atoms with Crippen LogP contribution in [0.3, 0.4) is 0 Å². The van der Waals surface area contributed by atoms with E-state index in [-0.39, 0.29) is 21.5 Å². The van der Waals surface area contributed by atoms with Crippen molar-refractivity contribution in [1.29, 1.82) is 0 Å². The molecule has 1 aromatic carbocycles. The minimum atomic E-state index is -0.515. The molecule has 6 heteroatoms. The van der Waals surface area contributed by atoms with Gasteiger partial charge in [-0.2, -0.15) is 0 Å². The number of piperazine rings is 1. The molecule has 94 valence electrons. The predicted molar refractivity (Wildman–Crippen MR) is 65.6 cm³/mol. The topological polar surface area (TPSA) is 55.7 Å². The average Bonchev–Trinajstić information content (AvgIpc) is 2.33. The molecule has 1 heterocycles. The third kappa shape index (κ3) is 2.70. The van der Waals surface area contributed by atoms with E-state index in [1.807, 2.05) is 4.90 Å². The Hall–Kier alpha value is -0.850.